The van der Waals surface area contributed by atoms with Gasteiger partial charge in [0.2, 0.25) is 0 Å². The monoisotopic (exact) mass is 541 g/mol. The number of amides is 2. The zero-order chi connectivity index (χ0) is 21.0. The van der Waals surface area contributed by atoms with Gasteiger partial charge in [-0.05, 0) is 64.2 Å². The van der Waals surface area contributed by atoms with Gasteiger partial charge in [-0.1, -0.05) is 35.9 Å². The molecular formula is C21H17ClINO4S. The van der Waals surface area contributed by atoms with E-state index in [1.807, 2.05) is 30.3 Å². The second-order valence-corrected chi connectivity index (χ2v) is 8.56. The third kappa shape index (κ3) is 4.96. The molecular weight excluding hydrogens is 525 g/mol. The molecule has 0 saturated carbocycles. The van der Waals surface area contributed by atoms with Crippen molar-refractivity contribution in [2.45, 2.75) is 6.61 Å². The van der Waals surface area contributed by atoms with E-state index >= 15 is 0 Å². The van der Waals surface area contributed by atoms with E-state index in [1.54, 1.807) is 19.3 Å². The van der Waals surface area contributed by atoms with Crippen LogP contribution in [0.5, 0.6) is 11.5 Å². The molecule has 1 aliphatic rings. The number of rotatable bonds is 7. The van der Waals surface area contributed by atoms with E-state index in [2.05, 4.69) is 29.2 Å². The Balaban J connectivity index is 1.85. The van der Waals surface area contributed by atoms with Crippen molar-refractivity contribution >= 4 is 63.2 Å². The van der Waals surface area contributed by atoms with Gasteiger partial charge >= 0.3 is 0 Å². The van der Waals surface area contributed by atoms with Gasteiger partial charge in [0.1, 0.15) is 6.61 Å². The minimum Gasteiger partial charge on any atom is -0.493 e. The Bertz CT molecular complexity index is 1010. The fourth-order valence-corrected chi connectivity index (χ4v) is 4.49. The molecule has 1 saturated heterocycles. The number of hydrogen-bond donors (Lipinski definition) is 0. The maximum atomic E-state index is 12.4. The van der Waals surface area contributed by atoms with Crippen LogP contribution in [0.2, 0.25) is 5.02 Å². The van der Waals surface area contributed by atoms with Crippen LogP contribution >= 0.6 is 46.0 Å². The molecule has 0 aromatic heterocycles. The summed E-state index contributed by atoms with van der Waals surface area (Å²) in [5.74, 6) is 0.790. The maximum Gasteiger partial charge on any atom is 0.293 e. The lowest BCUT2D eigenvalue weighted by Gasteiger charge is -2.14. The summed E-state index contributed by atoms with van der Waals surface area (Å²) in [5, 5.41) is 0.329. The number of halogens is 2. The second-order valence-electron chi connectivity index (χ2n) is 6.00. The molecule has 1 fully saturated rings. The van der Waals surface area contributed by atoms with Gasteiger partial charge in [0, 0.05) is 17.1 Å². The first-order valence-electron chi connectivity index (χ1n) is 8.54. The lowest BCUT2D eigenvalue weighted by Crippen LogP contribution is -2.27. The predicted octanol–water partition coefficient (Wildman–Crippen LogP) is 5.75. The standard InChI is InChI=1S/C21H17ClINO4S/c1-3-8-24-20(25)18(29-21(24)26)11-13-9-16(23)19(17(10-13)27-2)28-12-14-6-4-5-7-15(14)22/h3-7,9-11H,1,8,12H2,2H3/b18-11+. The number of imide groups is 1. The van der Waals surface area contributed by atoms with Crippen LogP contribution in [0.15, 0.2) is 54.0 Å². The highest BCUT2D eigenvalue weighted by atomic mass is 127. The Kier molecular flexibility index (Phi) is 7.26. The molecule has 1 aliphatic heterocycles. The molecule has 2 amide bonds. The average molecular weight is 542 g/mol. The molecule has 150 valence electrons. The summed E-state index contributed by atoms with van der Waals surface area (Å²) >= 11 is 9.25. The first-order valence-corrected chi connectivity index (χ1v) is 10.8. The van der Waals surface area contributed by atoms with E-state index in [1.165, 1.54) is 6.08 Å². The quantitative estimate of drug-likeness (QED) is 0.254. The van der Waals surface area contributed by atoms with Gasteiger partial charge in [-0.25, -0.2) is 0 Å². The van der Waals surface area contributed by atoms with Crippen molar-refractivity contribution in [2.75, 3.05) is 13.7 Å². The predicted molar refractivity (Wildman–Crippen MR) is 124 cm³/mol. The smallest absolute Gasteiger partial charge is 0.293 e. The average Bonchev–Trinajstić information content (AvgIpc) is 2.95. The lowest BCUT2D eigenvalue weighted by molar-refractivity contribution is -0.122. The number of thioether (sulfide) groups is 1. The highest BCUT2D eigenvalue weighted by Crippen LogP contribution is 2.37. The third-order valence-electron chi connectivity index (χ3n) is 4.06. The number of nitrogens with zero attached hydrogens (tertiary/aromatic N) is 1. The Morgan fingerprint density at radius 2 is 2.03 bits per heavy atom. The Morgan fingerprint density at radius 1 is 1.28 bits per heavy atom. The highest BCUT2D eigenvalue weighted by Gasteiger charge is 2.34. The summed E-state index contributed by atoms with van der Waals surface area (Å²) in [7, 11) is 1.55. The van der Waals surface area contributed by atoms with Gasteiger partial charge in [-0.3, -0.25) is 14.5 Å². The molecule has 5 nitrogen and oxygen atoms in total. The molecule has 2 aromatic carbocycles. The fraction of sp³-hybridized carbons (Fsp3) is 0.143. The molecule has 0 spiro atoms. The topological polar surface area (TPSA) is 55.8 Å². The summed E-state index contributed by atoms with van der Waals surface area (Å²) in [4.78, 5) is 25.9. The van der Waals surface area contributed by atoms with Crippen LogP contribution in [-0.4, -0.2) is 29.7 Å². The number of benzene rings is 2. The first kappa shape index (κ1) is 21.7. The minimum absolute atomic E-state index is 0.192. The first-order chi connectivity index (χ1) is 13.9. The Morgan fingerprint density at radius 3 is 2.72 bits per heavy atom. The van der Waals surface area contributed by atoms with Crippen molar-refractivity contribution in [3.63, 3.8) is 0 Å². The van der Waals surface area contributed by atoms with Gasteiger partial charge in [0.15, 0.2) is 11.5 Å². The Hall–Kier alpha value is -1.97. The molecule has 1 heterocycles. The van der Waals surface area contributed by atoms with Gasteiger partial charge < -0.3 is 9.47 Å². The normalized spacial score (nSPS) is 15.1. The third-order valence-corrected chi connectivity index (χ3v) is 6.14. The number of carbonyl (C=O) groups is 2. The highest BCUT2D eigenvalue weighted by molar-refractivity contribution is 14.1. The number of methoxy groups -OCH3 is 1. The van der Waals surface area contributed by atoms with Crippen LogP contribution in [0.4, 0.5) is 4.79 Å². The molecule has 29 heavy (non-hydrogen) atoms. The molecule has 0 atom stereocenters. The van der Waals surface area contributed by atoms with Crippen LogP contribution in [-0.2, 0) is 11.4 Å². The molecule has 8 heteroatoms. The zero-order valence-electron chi connectivity index (χ0n) is 15.5. The van der Waals surface area contributed by atoms with Gasteiger partial charge in [0.25, 0.3) is 11.1 Å². The summed E-state index contributed by atoms with van der Waals surface area (Å²) in [5.41, 5.74) is 1.60. The van der Waals surface area contributed by atoms with Crippen LogP contribution in [0.25, 0.3) is 6.08 Å². The summed E-state index contributed by atoms with van der Waals surface area (Å²) in [6, 6.07) is 11.1. The number of hydrogen-bond acceptors (Lipinski definition) is 5. The van der Waals surface area contributed by atoms with Crippen LogP contribution in [0, 0.1) is 3.57 Å². The second kappa shape index (κ2) is 9.69. The van der Waals surface area contributed by atoms with Crippen molar-refractivity contribution in [3.8, 4) is 11.5 Å². The molecule has 2 aromatic rings. The van der Waals surface area contributed by atoms with E-state index in [-0.39, 0.29) is 17.7 Å². The minimum atomic E-state index is -0.326. The van der Waals surface area contributed by atoms with E-state index in [4.69, 9.17) is 21.1 Å². The van der Waals surface area contributed by atoms with Crippen molar-refractivity contribution in [3.05, 3.63) is 73.7 Å². The molecule has 0 aliphatic carbocycles. The van der Waals surface area contributed by atoms with E-state index < -0.39 is 0 Å². The number of ether oxygens (including phenoxy) is 2. The van der Waals surface area contributed by atoms with E-state index in [0.717, 1.165) is 31.4 Å². The van der Waals surface area contributed by atoms with Crippen LogP contribution in [0.3, 0.4) is 0 Å². The molecule has 0 radical (unpaired) electrons. The molecule has 0 unspecified atom stereocenters. The molecule has 0 N–H and O–H groups in total. The fourth-order valence-electron chi connectivity index (χ4n) is 2.67. The summed E-state index contributed by atoms with van der Waals surface area (Å²) in [6.45, 7) is 4.07. The van der Waals surface area contributed by atoms with Crippen LogP contribution < -0.4 is 9.47 Å². The van der Waals surface area contributed by atoms with Crippen molar-refractivity contribution in [1.29, 1.82) is 0 Å². The van der Waals surface area contributed by atoms with E-state index in [0.29, 0.717) is 28.0 Å². The summed E-state index contributed by atoms with van der Waals surface area (Å²) in [6.07, 6.45) is 3.20. The van der Waals surface area contributed by atoms with Crippen molar-refractivity contribution < 1.29 is 19.1 Å². The summed E-state index contributed by atoms with van der Waals surface area (Å²) < 4.78 is 12.2. The number of carbonyl (C=O) groups excluding carboxylic acids is 2. The van der Waals surface area contributed by atoms with Crippen molar-refractivity contribution in [2.24, 2.45) is 0 Å². The Labute approximate surface area is 191 Å². The van der Waals surface area contributed by atoms with Gasteiger partial charge in [-0.15, -0.1) is 6.58 Å². The zero-order valence-corrected chi connectivity index (χ0v) is 19.2. The van der Waals surface area contributed by atoms with Crippen molar-refractivity contribution in [1.82, 2.24) is 4.90 Å². The maximum absolute atomic E-state index is 12.4. The van der Waals surface area contributed by atoms with Crippen LogP contribution in [0.1, 0.15) is 11.1 Å². The SMILES string of the molecule is C=CCN1C(=O)S/C(=C/c2cc(I)c(OCc3ccccc3Cl)c(OC)c2)C1=O. The molecule has 0 bridgehead atoms. The molecule has 3 rings (SSSR count). The van der Waals surface area contributed by atoms with E-state index in [9.17, 15) is 9.59 Å². The van der Waals surface area contributed by atoms with Gasteiger partial charge in [-0.2, -0.15) is 0 Å². The van der Waals surface area contributed by atoms with Gasteiger partial charge in [0.05, 0.1) is 15.6 Å². The lowest BCUT2D eigenvalue weighted by atomic mass is 10.1. The largest absolute Gasteiger partial charge is 0.493 e.